The van der Waals surface area contributed by atoms with Gasteiger partial charge in [0.25, 0.3) is 0 Å². The first-order chi connectivity index (χ1) is 14.3. The van der Waals surface area contributed by atoms with Gasteiger partial charge in [-0.3, -0.25) is 4.21 Å². The molecule has 1 unspecified atom stereocenters. The summed E-state index contributed by atoms with van der Waals surface area (Å²) in [5, 5.41) is 1.00. The Kier molecular flexibility index (Phi) is 8.42. The molecule has 0 spiro atoms. The number of aromatic nitrogens is 2. The van der Waals surface area contributed by atoms with Gasteiger partial charge in [-0.15, -0.1) is 0 Å². The SMILES string of the molecule is C=CC(=CC/C(=C\C)S(=O)CC)/C(C)=C/C(N)=C(/OC)c1cc2cc(C)cnc2[nH]1. The molecule has 2 aromatic heterocycles. The normalized spacial score (nSPS) is 15.2. The molecule has 6 heteroatoms. The summed E-state index contributed by atoms with van der Waals surface area (Å²) >= 11 is 0. The lowest BCUT2D eigenvalue weighted by molar-refractivity contribution is 0.366. The number of H-pyrrole nitrogens is 1. The van der Waals surface area contributed by atoms with E-state index in [1.54, 1.807) is 13.2 Å². The number of nitrogens with two attached hydrogens (primary N) is 1. The minimum absolute atomic E-state index is 0.495. The molecule has 30 heavy (non-hydrogen) atoms. The largest absolute Gasteiger partial charge is 0.492 e. The van der Waals surface area contributed by atoms with Crippen molar-refractivity contribution < 1.29 is 8.95 Å². The number of pyridine rings is 1. The van der Waals surface area contributed by atoms with E-state index < -0.39 is 10.8 Å². The molecule has 0 saturated carbocycles. The minimum Gasteiger partial charge on any atom is -0.492 e. The van der Waals surface area contributed by atoms with Gasteiger partial charge < -0.3 is 15.5 Å². The number of rotatable bonds is 9. The van der Waals surface area contributed by atoms with Crippen LogP contribution in [-0.4, -0.2) is 27.0 Å². The summed E-state index contributed by atoms with van der Waals surface area (Å²) in [5.74, 6) is 1.16. The van der Waals surface area contributed by atoms with E-state index >= 15 is 0 Å². The second-order valence-electron chi connectivity index (χ2n) is 6.91. The second-order valence-corrected chi connectivity index (χ2v) is 8.70. The molecule has 0 aliphatic carbocycles. The molecule has 2 aromatic rings. The molecule has 0 radical (unpaired) electrons. The van der Waals surface area contributed by atoms with Crippen LogP contribution in [0.4, 0.5) is 0 Å². The molecule has 5 nitrogen and oxygen atoms in total. The van der Waals surface area contributed by atoms with Crippen molar-refractivity contribution in [2.24, 2.45) is 5.73 Å². The van der Waals surface area contributed by atoms with Gasteiger partial charge in [-0.2, -0.15) is 0 Å². The number of aryl methyl sites for hydroxylation is 1. The zero-order valence-corrected chi connectivity index (χ0v) is 19.2. The van der Waals surface area contributed by atoms with Crippen LogP contribution in [0.2, 0.25) is 0 Å². The van der Waals surface area contributed by atoms with E-state index in [2.05, 4.69) is 22.6 Å². The van der Waals surface area contributed by atoms with Crippen LogP contribution in [0.5, 0.6) is 0 Å². The number of nitrogens with zero attached hydrogens (tertiary/aromatic N) is 1. The van der Waals surface area contributed by atoms with E-state index in [1.165, 1.54) is 0 Å². The van der Waals surface area contributed by atoms with Crippen molar-refractivity contribution in [2.75, 3.05) is 12.9 Å². The Balaban J connectivity index is 2.37. The molecule has 0 fully saturated rings. The lowest BCUT2D eigenvalue weighted by Crippen LogP contribution is -2.03. The maximum absolute atomic E-state index is 12.1. The molecule has 0 bridgehead atoms. The monoisotopic (exact) mass is 425 g/mol. The average molecular weight is 426 g/mol. The summed E-state index contributed by atoms with van der Waals surface area (Å²) in [6.45, 7) is 11.7. The molecule has 0 aliphatic rings. The van der Waals surface area contributed by atoms with Crippen LogP contribution in [0, 0.1) is 6.92 Å². The first kappa shape index (κ1) is 23.4. The topological polar surface area (TPSA) is 81.0 Å². The molecule has 0 saturated heterocycles. The zero-order chi connectivity index (χ0) is 22.3. The van der Waals surface area contributed by atoms with Gasteiger partial charge in [0.1, 0.15) is 5.65 Å². The average Bonchev–Trinajstić information content (AvgIpc) is 3.13. The first-order valence-corrected chi connectivity index (χ1v) is 11.2. The smallest absolute Gasteiger partial charge is 0.165 e. The fourth-order valence-corrected chi connectivity index (χ4v) is 4.06. The number of methoxy groups -OCH3 is 1. The Morgan fingerprint density at radius 3 is 2.73 bits per heavy atom. The van der Waals surface area contributed by atoms with Gasteiger partial charge in [-0.25, -0.2) is 4.98 Å². The van der Waals surface area contributed by atoms with E-state index in [4.69, 9.17) is 10.5 Å². The summed E-state index contributed by atoms with van der Waals surface area (Å²) < 4.78 is 17.7. The van der Waals surface area contributed by atoms with Crippen LogP contribution in [0.25, 0.3) is 16.8 Å². The summed E-state index contributed by atoms with van der Waals surface area (Å²) in [4.78, 5) is 8.57. The van der Waals surface area contributed by atoms with E-state index in [0.29, 0.717) is 23.6 Å². The Labute approximate surface area is 181 Å². The summed E-state index contributed by atoms with van der Waals surface area (Å²) in [7, 11) is 0.644. The standard InChI is InChI=1S/C24H31N3O2S/c1-7-18(10-11-20(8-2)30(28)9-3)17(5)13-21(25)23(29-6)22-14-19-12-16(4)15-26-24(19)27-22/h7-8,10,12-15H,1,9,11,25H2,2-6H3,(H,26,27)/b17-13+,18-10?,20-8+,23-21-. The van der Waals surface area contributed by atoms with E-state index in [9.17, 15) is 4.21 Å². The van der Waals surface area contributed by atoms with Gasteiger partial charge in [0.05, 0.1) is 18.5 Å². The molecular weight excluding hydrogens is 394 g/mol. The van der Waals surface area contributed by atoms with Gasteiger partial charge in [0, 0.05) is 33.0 Å². The van der Waals surface area contributed by atoms with Crippen molar-refractivity contribution in [3.8, 4) is 0 Å². The third kappa shape index (κ3) is 5.60. The first-order valence-electron chi connectivity index (χ1n) is 9.88. The number of aromatic amines is 1. The predicted octanol–water partition coefficient (Wildman–Crippen LogP) is 5.27. The van der Waals surface area contributed by atoms with Gasteiger partial charge in [0.15, 0.2) is 5.76 Å². The Hall–Kier alpha value is -2.86. The van der Waals surface area contributed by atoms with Crippen molar-refractivity contribution >= 4 is 27.6 Å². The number of fused-ring (bicyclic) bond motifs is 1. The van der Waals surface area contributed by atoms with Crippen molar-refractivity contribution in [1.82, 2.24) is 9.97 Å². The predicted molar refractivity (Wildman–Crippen MR) is 128 cm³/mol. The Morgan fingerprint density at radius 1 is 1.40 bits per heavy atom. The van der Waals surface area contributed by atoms with Crippen LogP contribution < -0.4 is 5.73 Å². The summed E-state index contributed by atoms with van der Waals surface area (Å²) in [5.41, 5.74) is 11.4. The van der Waals surface area contributed by atoms with Gasteiger partial charge in [0.2, 0.25) is 0 Å². The van der Waals surface area contributed by atoms with E-state index in [0.717, 1.165) is 38.3 Å². The number of hydrogen-bond donors (Lipinski definition) is 2. The van der Waals surface area contributed by atoms with Crippen LogP contribution in [0.15, 0.2) is 71.0 Å². The molecule has 3 N–H and O–H groups in total. The lowest BCUT2D eigenvalue weighted by Gasteiger charge is -2.09. The molecule has 0 aromatic carbocycles. The van der Waals surface area contributed by atoms with Crippen LogP contribution in [-0.2, 0) is 15.5 Å². The van der Waals surface area contributed by atoms with Crippen LogP contribution in [0.3, 0.4) is 0 Å². The number of allylic oxidation sites excluding steroid dienone is 7. The Morgan fingerprint density at radius 2 is 2.13 bits per heavy atom. The minimum atomic E-state index is -0.952. The fourth-order valence-electron chi connectivity index (χ4n) is 3.16. The highest BCUT2D eigenvalue weighted by molar-refractivity contribution is 7.88. The fraction of sp³-hybridized carbons (Fsp3) is 0.292. The van der Waals surface area contributed by atoms with Gasteiger partial charge in [-0.05, 0) is 62.1 Å². The second kappa shape index (κ2) is 10.8. The van der Waals surface area contributed by atoms with Crippen LogP contribution >= 0.6 is 0 Å². The molecule has 160 valence electrons. The molecular formula is C24H31N3O2S. The zero-order valence-electron chi connectivity index (χ0n) is 18.4. The highest BCUT2D eigenvalue weighted by Crippen LogP contribution is 2.24. The maximum Gasteiger partial charge on any atom is 0.165 e. The van der Waals surface area contributed by atoms with Crippen molar-refractivity contribution in [3.63, 3.8) is 0 Å². The van der Waals surface area contributed by atoms with Crippen molar-refractivity contribution in [3.05, 3.63) is 82.2 Å². The summed E-state index contributed by atoms with van der Waals surface area (Å²) in [6, 6.07) is 4.04. The Bertz CT molecular complexity index is 1070. The number of hydrogen-bond acceptors (Lipinski definition) is 4. The van der Waals surface area contributed by atoms with Crippen LogP contribution in [0.1, 0.15) is 38.4 Å². The van der Waals surface area contributed by atoms with Gasteiger partial charge >= 0.3 is 0 Å². The number of nitrogens with one attached hydrogen (secondary N) is 1. The molecule has 1 atom stereocenters. The molecule has 0 amide bonds. The molecule has 2 heterocycles. The van der Waals surface area contributed by atoms with Crippen molar-refractivity contribution in [2.45, 2.75) is 34.1 Å². The quantitative estimate of drug-likeness (QED) is 0.424. The third-order valence-corrected chi connectivity index (χ3v) is 6.28. The summed E-state index contributed by atoms with van der Waals surface area (Å²) in [6.07, 6.45) is 10.0. The maximum atomic E-state index is 12.1. The highest BCUT2D eigenvalue weighted by Gasteiger charge is 2.11. The van der Waals surface area contributed by atoms with E-state index in [-0.39, 0.29) is 0 Å². The molecule has 2 rings (SSSR count). The van der Waals surface area contributed by atoms with Crippen molar-refractivity contribution in [1.29, 1.82) is 0 Å². The van der Waals surface area contributed by atoms with Gasteiger partial charge in [-0.1, -0.05) is 31.7 Å². The number of ether oxygens (including phenoxy) is 1. The third-order valence-electron chi connectivity index (χ3n) is 4.76. The van der Waals surface area contributed by atoms with E-state index in [1.807, 2.05) is 58.2 Å². The molecule has 0 aliphatic heterocycles. The highest BCUT2D eigenvalue weighted by atomic mass is 32.2. The lowest BCUT2D eigenvalue weighted by atomic mass is 10.0.